The minimum atomic E-state index is -0.348. The average Bonchev–Trinajstić information content (AvgIpc) is 2.59. The largest absolute Gasteiger partial charge is 0.468 e. The van der Waals surface area contributed by atoms with Gasteiger partial charge in [0.1, 0.15) is 5.76 Å². The van der Waals surface area contributed by atoms with Crippen LogP contribution in [0.1, 0.15) is 16.1 Å². The molecule has 0 fully saturated rings. The third kappa shape index (κ3) is 1.27. The third-order valence-electron chi connectivity index (χ3n) is 2.10. The highest BCUT2D eigenvalue weighted by atomic mass is 16.5. The fourth-order valence-corrected chi connectivity index (χ4v) is 1.36. The summed E-state index contributed by atoms with van der Waals surface area (Å²) >= 11 is 0. The van der Waals surface area contributed by atoms with Crippen LogP contribution in [0, 0.1) is 6.92 Å². The Balaban J connectivity index is 2.57. The highest BCUT2D eigenvalue weighted by Crippen LogP contribution is 2.21. The van der Waals surface area contributed by atoms with Crippen molar-refractivity contribution in [3.63, 3.8) is 0 Å². The first-order valence-corrected chi connectivity index (χ1v) is 4.14. The lowest BCUT2D eigenvalue weighted by molar-refractivity contribution is 0.0601. The second-order valence-corrected chi connectivity index (χ2v) is 2.95. The number of ether oxygens (including phenoxy) is 1. The van der Waals surface area contributed by atoms with Crippen LogP contribution in [0.15, 0.2) is 28.9 Å². The number of hydrogen-bond donors (Lipinski definition) is 0. The molecule has 1 radical (unpaired) electrons. The van der Waals surface area contributed by atoms with Gasteiger partial charge >= 0.3 is 5.97 Å². The van der Waals surface area contributed by atoms with Crippen LogP contribution in [0.2, 0.25) is 0 Å². The van der Waals surface area contributed by atoms with Crippen molar-refractivity contribution in [1.82, 2.24) is 0 Å². The fraction of sp³-hybridized carbons (Fsp3) is 0.0909. The van der Waals surface area contributed by atoms with Crippen LogP contribution in [-0.4, -0.2) is 13.1 Å². The normalized spacial score (nSPS) is 10.4. The van der Waals surface area contributed by atoms with Crippen LogP contribution in [0.25, 0.3) is 10.8 Å². The van der Waals surface area contributed by atoms with Gasteiger partial charge < -0.3 is 9.15 Å². The van der Waals surface area contributed by atoms with Crippen molar-refractivity contribution in [2.75, 3.05) is 7.11 Å². The molecule has 1 aromatic heterocycles. The molecule has 3 heteroatoms. The smallest absolute Gasteiger partial charge is 0.337 e. The van der Waals surface area contributed by atoms with Gasteiger partial charge in [0.25, 0.3) is 0 Å². The predicted octanol–water partition coefficient (Wildman–Crippen LogP) is 2.40. The summed E-state index contributed by atoms with van der Waals surface area (Å²) in [5, 5.41) is 1.77. The fourth-order valence-electron chi connectivity index (χ4n) is 1.36. The molecule has 0 amide bonds. The molecule has 1 heterocycles. The molecular formula is C11H9O3. The van der Waals surface area contributed by atoms with E-state index in [1.54, 1.807) is 24.5 Å². The average molecular weight is 189 g/mol. The number of furan rings is 1. The van der Waals surface area contributed by atoms with Gasteiger partial charge in [-0.3, -0.25) is 0 Å². The Bertz CT molecular complexity index is 482. The molecule has 0 aliphatic heterocycles. The van der Waals surface area contributed by atoms with Crippen LogP contribution < -0.4 is 0 Å². The summed E-state index contributed by atoms with van der Waals surface area (Å²) in [7, 11) is 1.36. The Morgan fingerprint density at radius 3 is 3.00 bits per heavy atom. The highest BCUT2D eigenvalue weighted by Gasteiger charge is 2.08. The summed E-state index contributed by atoms with van der Waals surface area (Å²) in [5.41, 5.74) is 0.515. The van der Waals surface area contributed by atoms with E-state index < -0.39 is 0 Å². The Hall–Kier alpha value is -1.77. The molecule has 2 aromatic rings. The summed E-state index contributed by atoms with van der Waals surface area (Å²) < 4.78 is 9.73. The lowest BCUT2D eigenvalue weighted by atomic mass is 10.1. The van der Waals surface area contributed by atoms with Crippen LogP contribution in [0.3, 0.4) is 0 Å². The van der Waals surface area contributed by atoms with Crippen LogP contribution in [-0.2, 0) is 4.74 Å². The summed E-state index contributed by atoms with van der Waals surface area (Å²) in [6, 6.07) is 5.21. The summed E-state index contributed by atoms with van der Waals surface area (Å²) in [6.45, 7) is 3.72. The molecular weight excluding hydrogens is 180 g/mol. The Morgan fingerprint density at radius 2 is 2.29 bits per heavy atom. The zero-order valence-electron chi connectivity index (χ0n) is 7.74. The zero-order chi connectivity index (χ0) is 10.1. The number of carbonyl (C=O) groups is 1. The topological polar surface area (TPSA) is 39.4 Å². The second kappa shape index (κ2) is 3.18. The van der Waals surface area contributed by atoms with E-state index in [-0.39, 0.29) is 5.97 Å². The van der Waals surface area contributed by atoms with Gasteiger partial charge in [0.05, 0.1) is 18.9 Å². The van der Waals surface area contributed by atoms with E-state index in [1.165, 1.54) is 7.11 Å². The molecule has 0 atom stereocenters. The van der Waals surface area contributed by atoms with Gasteiger partial charge in [-0.15, -0.1) is 0 Å². The van der Waals surface area contributed by atoms with Crippen molar-refractivity contribution in [3.8, 4) is 0 Å². The number of carbonyl (C=O) groups excluding carboxylic acids is 1. The minimum Gasteiger partial charge on any atom is -0.468 e. The van der Waals surface area contributed by atoms with Gasteiger partial charge in [-0.05, 0) is 12.1 Å². The summed E-state index contributed by atoms with van der Waals surface area (Å²) in [5.74, 6) is 0.259. The summed E-state index contributed by atoms with van der Waals surface area (Å²) in [4.78, 5) is 11.2. The van der Waals surface area contributed by atoms with Crippen molar-refractivity contribution < 1.29 is 13.9 Å². The Labute approximate surface area is 81.3 Å². The number of esters is 1. The maximum atomic E-state index is 11.2. The van der Waals surface area contributed by atoms with Crippen molar-refractivity contribution >= 4 is 16.7 Å². The van der Waals surface area contributed by atoms with Crippen molar-refractivity contribution in [2.45, 2.75) is 0 Å². The number of hydrogen-bond acceptors (Lipinski definition) is 3. The van der Waals surface area contributed by atoms with Gasteiger partial charge in [-0.25, -0.2) is 4.79 Å². The van der Waals surface area contributed by atoms with E-state index in [1.807, 2.05) is 0 Å². The molecule has 0 spiro atoms. The number of fused-ring (bicyclic) bond motifs is 1. The molecule has 0 saturated heterocycles. The van der Waals surface area contributed by atoms with Gasteiger partial charge in [-0.1, -0.05) is 6.07 Å². The van der Waals surface area contributed by atoms with Crippen molar-refractivity contribution in [3.05, 3.63) is 42.7 Å². The first-order valence-electron chi connectivity index (χ1n) is 4.14. The van der Waals surface area contributed by atoms with Crippen molar-refractivity contribution in [1.29, 1.82) is 0 Å². The van der Waals surface area contributed by atoms with Crippen LogP contribution in [0.4, 0.5) is 0 Å². The van der Waals surface area contributed by atoms with E-state index in [2.05, 4.69) is 11.7 Å². The number of rotatable bonds is 1. The molecule has 14 heavy (non-hydrogen) atoms. The molecule has 0 N–H and O–H groups in total. The monoisotopic (exact) mass is 189 g/mol. The van der Waals surface area contributed by atoms with Gasteiger partial charge in [0.15, 0.2) is 0 Å². The predicted molar refractivity (Wildman–Crippen MR) is 52.0 cm³/mol. The quantitative estimate of drug-likeness (QED) is 0.646. The van der Waals surface area contributed by atoms with Crippen LogP contribution >= 0.6 is 0 Å². The molecule has 71 valence electrons. The van der Waals surface area contributed by atoms with E-state index in [4.69, 9.17) is 4.42 Å². The number of benzene rings is 1. The summed E-state index contributed by atoms with van der Waals surface area (Å²) in [6.07, 6.45) is 1.57. The van der Waals surface area contributed by atoms with E-state index >= 15 is 0 Å². The molecule has 0 unspecified atom stereocenters. The van der Waals surface area contributed by atoms with Gasteiger partial charge in [0, 0.05) is 17.7 Å². The maximum absolute atomic E-state index is 11.2. The van der Waals surface area contributed by atoms with E-state index in [0.717, 1.165) is 10.8 Å². The standard InChI is InChI=1S/C11H9O3/c1-7-10-4-3-8(11(12)13-2)5-9(10)6-14-7/h3-6H,1H2,2H3. The number of methoxy groups -OCH3 is 1. The lowest BCUT2D eigenvalue weighted by Crippen LogP contribution is -2.00. The Morgan fingerprint density at radius 1 is 1.50 bits per heavy atom. The molecule has 0 bridgehead atoms. The molecule has 2 rings (SSSR count). The molecule has 3 nitrogen and oxygen atoms in total. The highest BCUT2D eigenvalue weighted by molar-refractivity contribution is 5.95. The Kier molecular flexibility index (Phi) is 2.00. The SMILES string of the molecule is [CH2]c1occ2cc(C(=O)OC)ccc12. The van der Waals surface area contributed by atoms with Crippen LogP contribution in [0.5, 0.6) is 0 Å². The molecule has 0 aliphatic carbocycles. The first kappa shape index (κ1) is 8.81. The van der Waals surface area contributed by atoms with E-state index in [0.29, 0.717) is 11.3 Å². The zero-order valence-corrected chi connectivity index (χ0v) is 7.74. The maximum Gasteiger partial charge on any atom is 0.337 e. The van der Waals surface area contributed by atoms with Gasteiger partial charge in [-0.2, -0.15) is 0 Å². The first-order chi connectivity index (χ1) is 6.72. The molecule has 0 saturated carbocycles. The van der Waals surface area contributed by atoms with Crippen molar-refractivity contribution in [2.24, 2.45) is 0 Å². The molecule has 1 aromatic carbocycles. The lowest BCUT2D eigenvalue weighted by Gasteiger charge is -1.98. The molecule has 0 aliphatic rings. The minimum absolute atomic E-state index is 0.348. The second-order valence-electron chi connectivity index (χ2n) is 2.95. The third-order valence-corrected chi connectivity index (χ3v) is 2.10. The van der Waals surface area contributed by atoms with Gasteiger partial charge in [0.2, 0.25) is 0 Å². The van der Waals surface area contributed by atoms with E-state index in [9.17, 15) is 4.79 Å².